The van der Waals surface area contributed by atoms with E-state index in [1.54, 1.807) is 34.9 Å². The van der Waals surface area contributed by atoms with Crippen LogP contribution in [-0.2, 0) is 11.3 Å². The quantitative estimate of drug-likeness (QED) is 0.295. The molecule has 0 atom stereocenters. The maximum atomic E-state index is 14.3. The van der Waals surface area contributed by atoms with E-state index in [9.17, 15) is 24.1 Å². The van der Waals surface area contributed by atoms with E-state index in [1.807, 2.05) is 19.9 Å². The molecule has 2 amide bonds. The summed E-state index contributed by atoms with van der Waals surface area (Å²) >= 11 is 0.778. The van der Waals surface area contributed by atoms with Crippen LogP contribution in [0.3, 0.4) is 0 Å². The fraction of sp³-hybridized carbons (Fsp3) is 0.130. The number of aromatic nitrogens is 1. The minimum absolute atomic E-state index is 0.149. The number of carbonyl (C=O) groups is 2. The number of nitro benzene ring substituents is 1. The zero-order valence-corrected chi connectivity index (χ0v) is 18.1. The Morgan fingerprint density at radius 1 is 1.09 bits per heavy atom. The zero-order valence-electron chi connectivity index (χ0n) is 17.2. The lowest BCUT2D eigenvalue weighted by molar-refractivity contribution is -0.385. The molecule has 0 saturated carbocycles. The molecule has 7 nitrogen and oxygen atoms in total. The average Bonchev–Trinajstić information content (AvgIpc) is 3.18. The van der Waals surface area contributed by atoms with Crippen LogP contribution in [0.2, 0.25) is 0 Å². The van der Waals surface area contributed by atoms with Gasteiger partial charge in [0.05, 0.1) is 22.1 Å². The Labute approximate surface area is 187 Å². The van der Waals surface area contributed by atoms with E-state index >= 15 is 0 Å². The summed E-state index contributed by atoms with van der Waals surface area (Å²) in [7, 11) is 0. The molecule has 2 heterocycles. The lowest BCUT2D eigenvalue weighted by Crippen LogP contribution is -2.27. The molecule has 1 aromatic heterocycles. The van der Waals surface area contributed by atoms with Crippen LogP contribution in [0.1, 0.15) is 22.5 Å². The minimum atomic E-state index is -0.540. The van der Waals surface area contributed by atoms with Crippen molar-refractivity contribution in [2.75, 3.05) is 0 Å². The summed E-state index contributed by atoms with van der Waals surface area (Å²) in [5.41, 5.74) is 2.70. The number of hydrogen-bond donors (Lipinski definition) is 0. The van der Waals surface area contributed by atoms with Crippen LogP contribution in [0.25, 0.3) is 11.8 Å². The van der Waals surface area contributed by atoms with Crippen LogP contribution in [-0.4, -0.2) is 25.5 Å². The third kappa shape index (κ3) is 3.82. The first kappa shape index (κ1) is 21.5. The van der Waals surface area contributed by atoms with Crippen LogP contribution >= 0.6 is 11.8 Å². The Bertz CT molecular complexity index is 1300. The average molecular weight is 451 g/mol. The zero-order chi connectivity index (χ0) is 23.0. The molecule has 32 heavy (non-hydrogen) atoms. The summed E-state index contributed by atoms with van der Waals surface area (Å²) in [6, 6.07) is 14.2. The van der Waals surface area contributed by atoms with E-state index in [4.69, 9.17) is 0 Å². The van der Waals surface area contributed by atoms with Crippen LogP contribution in [0.5, 0.6) is 0 Å². The first-order valence-corrected chi connectivity index (χ1v) is 10.5. The minimum Gasteiger partial charge on any atom is -0.315 e. The van der Waals surface area contributed by atoms with Gasteiger partial charge in [0, 0.05) is 23.0 Å². The normalized spacial score (nSPS) is 15.1. The van der Waals surface area contributed by atoms with Gasteiger partial charge in [0.2, 0.25) is 0 Å². The molecule has 0 N–H and O–H groups in total. The molecular weight excluding hydrogens is 433 g/mol. The van der Waals surface area contributed by atoms with Gasteiger partial charge in [0.25, 0.3) is 16.8 Å². The van der Waals surface area contributed by atoms with Crippen molar-refractivity contribution in [3.8, 4) is 5.69 Å². The van der Waals surface area contributed by atoms with Gasteiger partial charge in [0.1, 0.15) is 5.82 Å². The lowest BCUT2D eigenvalue weighted by Gasteiger charge is -2.12. The molecule has 0 radical (unpaired) electrons. The number of carbonyl (C=O) groups excluding carboxylic acids is 2. The Kier molecular flexibility index (Phi) is 5.67. The molecular formula is C23H18FN3O4S. The summed E-state index contributed by atoms with van der Waals surface area (Å²) < 4.78 is 16.1. The van der Waals surface area contributed by atoms with Gasteiger partial charge in [-0.2, -0.15) is 0 Å². The number of imide groups is 1. The third-order valence-corrected chi connectivity index (χ3v) is 6.15. The number of para-hydroxylation sites is 2. The highest BCUT2D eigenvalue weighted by Crippen LogP contribution is 2.35. The van der Waals surface area contributed by atoms with Crippen molar-refractivity contribution < 1.29 is 18.9 Å². The van der Waals surface area contributed by atoms with Crippen molar-refractivity contribution in [2.24, 2.45) is 0 Å². The van der Waals surface area contributed by atoms with Gasteiger partial charge in [-0.15, -0.1) is 0 Å². The van der Waals surface area contributed by atoms with Gasteiger partial charge in [-0.1, -0.05) is 30.3 Å². The van der Waals surface area contributed by atoms with Gasteiger partial charge in [-0.05, 0) is 55.4 Å². The molecule has 9 heteroatoms. The molecule has 162 valence electrons. The van der Waals surface area contributed by atoms with Gasteiger partial charge >= 0.3 is 0 Å². The van der Waals surface area contributed by atoms with Gasteiger partial charge in [-0.3, -0.25) is 24.6 Å². The first-order chi connectivity index (χ1) is 15.3. The Morgan fingerprint density at radius 3 is 2.50 bits per heavy atom. The van der Waals surface area contributed by atoms with Crippen molar-refractivity contribution >= 4 is 34.7 Å². The number of thioether (sulfide) groups is 1. The molecule has 0 unspecified atom stereocenters. The Morgan fingerprint density at radius 2 is 1.78 bits per heavy atom. The van der Waals surface area contributed by atoms with Crippen molar-refractivity contribution in [1.82, 2.24) is 9.47 Å². The highest BCUT2D eigenvalue weighted by atomic mass is 32.2. The number of halogens is 1. The van der Waals surface area contributed by atoms with E-state index < -0.39 is 16.1 Å². The molecule has 1 aliphatic heterocycles. The van der Waals surface area contributed by atoms with Crippen LogP contribution in [0.4, 0.5) is 14.9 Å². The summed E-state index contributed by atoms with van der Waals surface area (Å²) in [4.78, 5) is 37.3. The SMILES string of the molecule is Cc1cc(/C=C2\SC(=O)N(Cc3ccccc3[N+](=O)[O-])C2=O)c(C)n1-c1ccccc1F. The molecule has 0 spiro atoms. The smallest absolute Gasteiger partial charge is 0.293 e. The Balaban J connectivity index is 1.65. The highest BCUT2D eigenvalue weighted by Gasteiger charge is 2.36. The van der Waals surface area contributed by atoms with E-state index in [-0.39, 0.29) is 28.5 Å². The van der Waals surface area contributed by atoms with Crippen molar-refractivity contribution in [3.05, 3.63) is 97.9 Å². The fourth-order valence-corrected chi connectivity index (χ4v) is 4.54. The van der Waals surface area contributed by atoms with E-state index in [0.29, 0.717) is 11.3 Å². The summed E-state index contributed by atoms with van der Waals surface area (Å²) in [5, 5.41) is 10.8. The summed E-state index contributed by atoms with van der Waals surface area (Å²) in [5.74, 6) is -0.889. The summed E-state index contributed by atoms with van der Waals surface area (Å²) in [6.45, 7) is 3.45. The summed E-state index contributed by atoms with van der Waals surface area (Å²) in [6.07, 6.45) is 1.60. The van der Waals surface area contributed by atoms with Crippen LogP contribution in [0.15, 0.2) is 59.5 Å². The number of amides is 2. The monoisotopic (exact) mass is 451 g/mol. The van der Waals surface area contributed by atoms with E-state index in [2.05, 4.69) is 0 Å². The van der Waals surface area contributed by atoms with Gasteiger partial charge < -0.3 is 4.57 Å². The van der Waals surface area contributed by atoms with Gasteiger partial charge in [-0.25, -0.2) is 4.39 Å². The van der Waals surface area contributed by atoms with E-state index in [0.717, 1.165) is 28.0 Å². The van der Waals surface area contributed by atoms with Crippen molar-refractivity contribution in [2.45, 2.75) is 20.4 Å². The molecule has 0 aliphatic carbocycles. The third-order valence-electron chi connectivity index (χ3n) is 5.24. The number of benzene rings is 2. The second kappa shape index (κ2) is 8.43. The number of hydrogen-bond acceptors (Lipinski definition) is 5. The predicted octanol–water partition coefficient (Wildman–Crippen LogP) is 5.38. The van der Waals surface area contributed by atoms with Gasteiger partial charge in [0.15, 0.2) is 0 Å². The maximum absolute atomic E-state index is 14.3. The standard InChI is InChI=1S/C23H18FN3O4S/c1-14-11-17(15(2)26(14)20-10-6-4-8-18(20)24)12-21-22(28)25(23(29)32-21)13-16-7-3-5-9-19(16)27(30)31/h3-12H,13H2,1-2H3/b21-12-. The molecule has 1 saturated heterocycles. The highest BCUT2D eigenvalue weighted by molar-refractivity contribution is 8.18. The Hall–Kier alpha value is -3.72. The molecule has 1 fully saturated rings. The number of nitrogens with zero attached hydrogens (tertiary/aromatic N) is 3. The van der Waals surface area contributed by atoms with E-state index in [1.165, 1.54) is 24.3 Å². The van der Waals surface area contributed by atoms with Crippen molar-refractivity contribution in [3.63, 3.8) is 0 Å². The second-order valence-electron chi connectivity index (χ2n) is 7.27. The van der Waals surface area contributed by atoms with Crippen LogP contribution < -0.4 is 0 Å². The topological polar surface area (TPSA) is 85.5 Å². The molecule has 1 aliphatic rings. The largest absolute Gasteiger partial charge is 0.315 e. The molecule has 0 bridgehead atoms. The fourth-order valence-electron chi connectivity index (χ4n) is 3.71. The maximum Gasteiger partial charge on any atom is 0.293 e. The molecule has 4 rings (SSSR count). The predicted molar refractivity (Wildman–Crippen MR) is 120 cm³/mol. The molecule has 2 aromatic carbocycles. The van der Waals surface area contributed by atoms with Crippen molar-refractivity contribution in [1.29, 1.82) is 0 Å². The number of rotatable bonds is 5. The number of nitro groups is 1. The number of aryl methyl sites for hydroxylation is 1. The second-order valence-corrected chi connectivity index (χ2v) is 8.26. The lowest BCUT2D eigenvalue weighted by atomic mass is 10.1. The van der Waals surface area contributed by atoms with Crippen LogP contribution in [0, 0.1) is 29.8 Å². The first-order valence-electron chi connectivity index (χ1n) is 9.69. The molecule has 3 aromatic rings.